The molecule has 4 aromatic rings. The maximum Gasteiger partial charge on any atom is 0.323 e. The van der Waals surface area contributed by atoms with Crippen molar-refractivity contribution < 1.29 is 4.79 Å². The van der Waals surface area contributed by atoms with Crippen LogP contribution in [-0.4, -0.2) is 28.1 Å². The van der Waals surface area contributed by atoms with E-state index in [-0.39, 0.29) is 11.2 Å². The van der Waals surface area contributed by atoms with Crippen LogP contribution in [0.4, 0.5) is 16.2 Å². The van der Waals surface area contributed by atoms with Gasteiger partial charge in [0.2, 0.25) is 0 Å². The van der Waals surface area contributed by atoms with Crippen LogP contribution in [-0.2, 0) is 7.05 Å². The molecule has 0 radical (unpaired) electrons. The predicted molar refractivity (Wildman–Crippen MR) is 150 cm³/mol. The number of aryl methyl sites for hydroxylation is 2. The van der Waals surface area contributed by atoms with E-state index in [1.54, 1.807) is 37.4 Å². The van der Waals surface area contributed by atoms with Gasteiger partial charge < -0.3 is 15.2 Å². The lowest BCUT2D eigenvalue weighted by Crippen LogP contribution is -2.28. The van der Waals surface area contributed by atoms with Gasteiger partial charge in [-0.2, -0.15) is 0 Å². The van der Waals surface area contributed by atoms with Crippen molar-refractivity contribution in [2.75, 3.05) is 23.1 Å². The van der Waals surface area contributed by atoms with Crippen molar-refractivity contribution in [1.82, 2.24) is 9.55 Å². The third kappa shape index (κ3) is 5.02. The molecular weight excluding hydrogens is 523 g/mol. The molecule has 4 rings (SSSR count). The Balaban J connectivity index is 1.89. The zero-order valence-electron chi connectivity index (χ0n) is 19.4. The maximum atomic E-state index is 13.5. The van der Waals surface area contributed by atoms with Gasteiger partial charge in [-0.15, -0.1) is 23.5 Å². The van der Waals surface area contributed by atoms with Crippen LogP contribution in [0.3, 0.4) is 0 Å². The van der Waals surface area contributed by atoms with E-state index >= 15 is 0 Å². The van der Waals surface area contributed by atoms with Crippen LogP contribution in [0.25, 0.3) is 22.0 Å². The van der Waals surface area contributed by atoms with E-state index in [0.717, 1.165) is 10.6 Å². The van der Waals surface area contributed by atoms with Crippen LogP contribution in [0, 0.1) is 6.92 Å². The minimum absolute atomic E-state index is 0.101. The summed E-state index contributed by atoms with van der Waals surface area (Å²) < 4.78 is 1.48. The van der Waals surface area contributed by atoms with E-state index in [1.165, 1.54) is 28.1 Å². The largest absolute Gasteiger partial charge is 0.323 e. The van der Waals surface area contributed by atoms with Gasteiger partial charge in [-0.25, -0.2) is 9.78 Å². The summed E-state index contributed by atoms with van der Waals surface area (Å²) in [6, 6.07) is 13.8. The molecule has 2 heterocycles. The molecule has 0 bridgehead atoms. The van der Waals surface area contributed by atoms with E-state index < -0.39 is 6.03 Å². The number of benzene rings is 2. The highest BCUT2D eigenvalue weighted by atomic mass is 35.5. The number of urea groups is 1. The van der Waals surface area contributed by atoms with Crippen molar-refractivity contribution >= 4 is 75.0 Å². The molecule has 2 aromatic heterocycles. The Morgan fingerprint density at radius 2 is 1.71 bits per heavy atom. The molecule has 0 saturated heterocycles. The molecule has 180 valence electrons. The number of pyridine rings is 2. The minimum atomic E-state index is -0.562. The number of anilines is 2. The van der Waals surface area contributed by atoms with Crippen LogP contribution < -0.4 is 16.2 Å². The number of hydrogen-bond donors (Lipinski definition) is 2. The molecule has 6 nitrogen and oxygen atoms in total. The Morgan fingerprint density at radius 3 is 2.40 bits per heavy atom. The zero-order valence-corrected chi connectivity index (χ0v) is 22.5. The van der Waals surface area contributed by atoms with Crippen molar-refractivity contribution in [3.63, 3.8) is 0 Å². The number of carbonyl (C=O) groups excluding carboxylic acids is 1. The number of nitrogens with zero attached hydrogens (tertiary/aromatic N) is 2. The Kier molecular flexibility index (Phi) is 7.66. The highest BCUT2D eigenvalue weighted by Crippen LogP contribution is 2.39. The molecule has 0 unspecified atom stereocenters. The summed E-state index contributed by atoms with van der Waals surface area (Å²) in [4.78, 5) is 32.1. The number of aromatic nitrogens is 2. The maximum absolute atomic E-state index is 13.5. The first kappa shape index (κ1) is 25.4. The molecule has 0 saturated carbocycles. The van der Waals surface area contributed by atoms with Crippen molar-refractivity contribution in [2.24, 2.45) is 7.05 Å². The Bertz CT molecular complexity index is 1500. The molecule has 0 atom stereocenters. The van der Waals surface area contributed by atoms with Gasteiger partial charge in [-0.05, 0) is 49.8 Å². The highest BCUT2D eigenvalue weighted by Gasteiger charge is 2.22. The minimum Gasteiger partial charge on any atom is -0.310 e. The fourth-order valence-electron chi connectivity index (χ4n) is 3.88. The highest BCUT2D eigenvalue weighted by molar-refractivity contribution is 7.99. The van der Waals surface area contributed by atoms with Crippen molar-refractivity contribution in [3.8, 4) is 11.1 Å². The first-order chi connectivity index (χ1) is 16.7. The van der Waals surface area contributed by atoms with Crippen molar-refractivity contribution in [3.05, 3.63) is 74.6 Å². The van der Waals surface area contributed by atoms with E-state index in [0.29, 0.717) is 42.8 Å². The number of nitrogens with one attached hydrogen (secondary N) is 2. The summed E-state index contributed by atoms with van der Waals surface area (Å²) >= 11 is 15.8. The summed E-state index contributed by atoms with van der Waals surface area (Å²) in [6.07, 6.45) is 3.83. The van der Waals surface area contributed by atoms with Gasteiger partial charge in [0.15, 0.2) is 0 Å². The molecule has 0 aliphatic heterocycles. The normalized spacial score (nSPS) is 11.0. The average molecular weight is 546 g/mol. The zero-order chi connectivity index (χ0) is 25.3. The first-order valence-electron chi connectivity index (χ1n) is 10.5. The summed E-state index contributed by atoms with van der Waals surface area (Å²) in [5.74, 6) is 0. The second kappa shape index (κ2) is 10.5. The average Bonchev–Trinajstić information content (AvgIpc) is 2.84. The molecule has 10 heteroatoms. The number of carbonyl (C=O) groups is 1. The number of amides is 2. The first-order valence-corrected chi connectivity index (χ1v) is 13.7. The monoisotopic (exact) mass is 544 g/mol. The molecule has 0 aliphatic rings. The topological polar surface area (TPSA) is 76.0 Å². The number of halogens is 2. The van der Waals surface area contributed by atoms with E-state index in [1.807, 2.05) is 37.6 Å². The summed E-state index contributed by atoms with van der Waals surface area (Å²) in [7, 11) is 1.65. The fourth-order valence-corrected chi connectivity index (χ4v) is 5.58. The van der Waals surface area contributed by atoms with Gasteiger partial charge in [0.05, 0.1) is 11.2 Å². The summed E-state index contributed by atoms with van der Waals surface area (Å²) in [5.41, 5.74) is 2.95. The molecule has 0 fully saturated rings. The number of rotatable bonds is 5. The fraction of sp³-hybridized carbons (Fsp3) is 0.160. The Hall–Kier alpha value is -2.65. The number of fused-ring (bicyclic) bond motifs is 1. The van der Waals surface area contributed by atoms with Gasteiger partial charge >= 0.3 is 6.03 Å². The van der Waals surface area contributed by atoms with Gasteiger partial charge in [0.25, 0.3) is 5.56 Å². The predicted octanol–water partition coefficient (Wildman–Crippen LogP) is 7.30. The van der Waals surface area contributed by atoms with Crippen molar-refractivity contribution in [2.45, 2.75) is 16.8 Å². The molecule has 0 aliphatic carbocycles. The second-order valence-corrected chi connectivity index (χ2v) is 10.2. The third-order valence-corrected chi connectivity index (χ3v) is 7.48. The molecule has 2 amide bonds. The van der Waals surface area contributed by atoms with Gasteiger partial charge in [0.1, 0.15) is 10.7 Å². The Labute approximate surface area is 221 Å². The van der Waals surface area contributed by atoms with Crippen LogP contribution in [0.2, 0.25) is 10.0 Å². The van der Waals surface area contributed by atoms with Crippen LogP contribution in [0.5, 0.6) is 0 Å². The molecule has 35 heavy (non-hydrogen) atoms. The lowest BCUT2D eigenvalue weighted by atomic mass is 9.99. The van der Waals surface area contributed by atoms with Crippen LogP contribution in [0.15, 0.2) is 63.2 Å². The van der Waals surface area contributed by atoms with Crippen LogP contribution >= 0.6 is 46.7 Å². The lowest BCUT2D eigenvalue weighted by molar-refractivity contribution is 0.262. The second-order valence-electron chi connectivity index (χ2n) is 7.68. The van der Waals surface area contributed by atoms with E-state index in [9.17, 15) is 9.59 Å². The van der Waals surface area contributed by atoms with E-state index in [2.05, 4.69) is 15.6 Å². The quantitative estimate of drug-likeness (QED) is 0.257. The third-order valence-electron chi connectivity index (χ3n) is 5.47. The van der Waals surface area contributed by atoms with E-state index in [4.69, 9.17) is 23.2 Å². The SMILES string of the molecule is CSc1cc(C)nc(SC)c1NC(=O)Nc1c(-c2ccccc2Cl)c2cc(Cl)ccc2n(C)c1=O. The van der Waals surface area contributed by atoms with Gasteiger partial charge in [-0.3, -0.25) is 4.79 Å². The Morgan fingerprint density at radius 1 is 1.00 bits per heavy atom. The van der Waals surface area contributed by atoms with Gasteiger partial charge in [-0.1, -0.05) is 41.4 Å². The molecule has 2 N–H and O–H groups in total. The standard InChI is InChI=1S/C25H22Cl2N4O2S2/c1-13-11-19(34-3)21(23(28-13)35-4)29-25(33)30-22-20(15-7-5-6-8-17(15)27)16-12-14(26)9-10-18(16)31(2)24(22)32/h5-12H,1-4H3,(H2,29,30,33). The summed E-state index contributed by atoms with van der Waals surface area (Å²) in [6.45, 7) is 1.91. The van der Waals surface area contributed by atoms with Crippen LogP contribution in [0.1, 0.15) is 5.69 Å². The number of thioether (sulfide) groups is 2. The van der Waals surface area contributed by atoms with Gasteiger partial charge in [0, 0.05) is 44.2 Å². The number of hydrogen-bond acceptors (Lipinski definition) is 5. The summed E-state index contributed by atoms with van der Waals surface area (Å²) in [5, 5.41) is 8.01. The molecule has 2 aromatic carbocycles. The molecular formula is C25H22Cl2N4O2S2. The van der Waals surface area contributed by atoms with Crippen molar-refractivity contribution in [1.29, 1.82) is 0 Å². The lowest BCUT2D eigenvalue weighted by Gasteiger charge is -2.19. The smallest absolute Gasteiger partial charge is 0.310 e. The molecule has 0 spiro atoms.